The van der Waals surface area contributed by atoms with Crippen LogP contribution in [0.2, 0.25) is 0 Å². The molecule has 0 unspecified atom stereocenters. The Balaban J connectivity index is 3.03. The first-order valence-corrected chi connectivity index (χ1v) is 8.56. The van der Waals surface area contributed by atoms with E-state index in [1.54, 1.807) is 19.1 Å². The number of sulfonamides is 1. The largest absolute Gasteiger partial charge is 0.465 e. The molecule has 0 heterocycles. The number of benzene rings is 1. The first-order valence-electron chi connectivity index (χ1n) is 6.33. The van der Waals surface area contributed by atoms with Crippen LogP contribution in [0.3, 0.4) is 0 Å². The molecule has 0 bridgehead atoms. The maximum atomic E-state index is 12.5. The molecule has 0 saturated heterocycles. The number of rotatable bonds is 7. The van der Waals surface area contributed by atoms with E-state index in [9.17, 15) is 13.2 Å². The molecule has 112 valence electrons. The molecule has 0 atom stereocenters. The maximum Gasteiger partial charge on any atom is 0.321 e. The number of hydrogen-bond acceptors (Lipinski definition) is 4. The Morgan fingerprint density at radius 3 is 2.60 bits per heavy atom. The van der Waals surface area contributed by atoms with Crippen LogP contribution in [-0.4, -0.2) is 38.4 Å². The molecule has 1 rings (SSSR count). The van der Waals surface area contributed by atoms with Gasteiger partial charge in [-0.05, 0) is 31.5 Å². The molecule has 0 amide bonds. The second kappa shape index (κ2) is 7.75. The number of halogens is 1. The molecular formula is C13H18BrNO4S. The zero-order chi connectivity index (χ0) is 15.2. The maximum absolute atomic E-state index is 12.5. The Kier molecular flexibility index (Phi) is 6.64. The van der Waals surface area contributed by atoms with E-state index in [1.165, 1.54) is 12.1 Å². The van der Waals surface area contributed by atoms with Crippen LogP contribution in [0.15, 0.2) is 33.6 Å². The SMILES string of the molecule is CCCN(CC(=O)OCC)S(=O)(=O)c1cccc(Br)c1. The molecule has 7 heteroatoms. The van der Waals surface area contributed by atoms with Gasteiger partial charge in [-0.1, -0.05) is 28.9 Å². The van der Waals surface area contributed by atoms with Crippen molar-refractivity contribution in [3.8, 4) is 0 Å². The van der Waals surface area contributed by atoms with Crippen molar-refractivity contribution in [3.63, 3.8) is 0 Å². The summed E-state index contributed by atoms with van der Waals surface area (Å²) in [4.78, 5) is 11.7. The predicted molar refractivity (Wildman–Crippen MR) is 79.8 cm³/mol. The molecule has 5 nitrogen and oxygen atoms in total. The lowest BCUT2D eigenvalue weighted by Crippen LogP contribution is -2.37. The summed E-state index contributed by atoms with van der Waals surface area (Å²) in [5, 5.41) is 0. The topological polar surface area (TPSA) is 63.7 Å². The molecule has 0 aliphatic carbocycles. The quantitative estimate of drug-likeness (QED) is 0.697. The van der Waals surface area contributed by atoms with Crippen LogP contribution >= 0.6 is 15.9 Å². The summed E-state index contributed by atoms with van der Waals surface area (Å²) in [5.41, 5.74) is 0. The fourth-order valence-corrected chi connectivity index (χ4v) is 3.73. The average molecular weight is 364 g/mol. The molecule has 0 radical (unpaired) electrons. The number of carbonyl (C=O) groups excluding carboxylic acids is 1. The van der Waals surface area contributed by atoms with Gasteiger partial charge in [0.2, 0.25) is 10.0 Å². The van der Waals surface area contributed by atoms with Crippen molar-refractivity contribution in [3.05, 3.63) is 28.7 Å². The molecular weight excluding hydrogens is 346 g/mol. The van der Waals surface area contributed by atoms with Gasteiger partial charge in [0.05, 0.1) is 11.5 Å². The number of carbonyl (C=O) groups is 1. The molecule has 0 aliphatic rings. The van der Waals surface area contributed by atoms with Crippen molar-refractivity contribution >= 4 is 31.9 Å². The summed E-state index contributed by atoms with van der Waals surface area (Å²) < 4.78 is 31.7. The molecule has 0 spiro atoms. The van der Waals surface area contributed by atoms with Gasteiger partial charge in [-0.2, -0.15) is 4.31 Å². The highest BCUT2D eigenvalue weighted by Crippen LogP contribution is 2.20. The van der Waals surface area contributed by atoms with Crippen LogP contribution in [0.5, 0.6) is 0 Å². The van der Waals surface area contributed by atoms with Crippen LogP contribution in [0.25, 0.3) is 0 Å². The van der Waals surface area contributed by atoms with E-state index in [0.29, 0.717) is 10.9 Å². The van der Waals surface area contributed by atoms with Gasteiger partial charge in [0.1, 0.15) is 6.54 Å². The summed E-state index contributed by atoms with van der Waals surface area (Å²) in [7, 11) is -3.70. The van der Waals surface area contributed by atoms with Crippen LogP contribution in [-0.2, 0) is 19.6 Å². The second-order valence-electron chi connectivity index (χ2n) is 4.10. The van der Waals surface area contributed by atoms with Crippen LogP contribution < -0.4 is 0 Å². The summed E-state index contributed by atoms with van der Waals surface area (Å²) in [6.07, 6.45) is 0.618. The summed E-state index contributed by atoms with van der Waals surface area (Å²) >= 11 is 3.24. The second-order valence-corrected chi connectivity index (χ2v) is 6.95. The van der Waals surface area contributed by atoms with Crippen molar-refractivity contribution < 1.29 is 17.9 Å². The summed E-state index contributed by atoms with van der Waals surface area (Å²) in [6, 6.07) is 6.41. The fourth-order valence-electron chi connectivity index (χ4n) is 1.66. The molecule has 0 N–H and O–H groups in total. The first kappa shape index (κ1) is 17.1. The highest BCUT2D eigenvalue weighted by atomic mass is 79.9. The van der Waals surface area contributed by atoms with E-state index in [4.69, 9.17) is 4.74 Å². The average Bonchev–Trinajstić information content (AvgIpc) is 2.38. The van der Waals surface area contributed by atoms with Gasteiger partial charge in [0, 0.05) is 11.0 Å². The number of esters is 1. The monoisotopic (exact) mass is 363 g/mol. The number of nitrogens with zero attached hydrogens (tertiary/aromatic N) is 1. The fraction of sp³-hybridized carbons (Fsp3) is 0.462. The highest BCUT2D eigenvalue weighted by molar-refractivity contribution is 9.10. The van der Waals surface area contributed by atoms with Crippen molar-refractivity contribution in [2.24, 2.45) is 0 Å². The zero-order valence-corrected chi connectivity index (χ0v) is 13.9. The summed E-state index contributed by atoms with van der Waals surface area (Å²) in [5.74, 6) is -0.542. The molecule has 1 aromatic rings. The van der Waals surface area contributed by atoms with E-state index in [1.807, 2.05) is 6.92 Å². The third-order valence-electron chi connectivity index (χ3n) is 2.52. The van der Waals surface area contributed by atoms with Gasteiger partial charge in [-0.25, -0.2) is 8.42 Å². The van der Waals surface area contributed by atoms with E-state index >= 15 is 0 Å². The molecule has 20 heavy (non-hydrogen) atoms. The van der Waals surface area contributed by atoms with Crippen LogP contribution in [0.4, 0.5) is 0 Å². The van der Waals surface area contributed by atoms with E-state index < -0.39 is 16.0 Å². The predicted octanol–water partition coefficient (Wildman–Crippen LogP) is 2.41. The Hall–Kier alpha value is -0.920. The molecule has 0 fully saturated rings. The number of ether oxygens (including phenoxy) is 1. The van der Waals surface area contributed by atoms with Crippen LogP contribution in [0, 0.1) is 0 Å². The smallest absolute Gasteiger partial charge is 0.321 e. The zero-order valence-electron chi connectivity index (χ0n) is 11.5. The highest BCUT2D eigenvalue weighted by Gasteiger charge is 2.26. The molecule has 1 aromatic carbocycles. The lowest BCUT2D eigenvalue weighted by molar-refractivity contribution is -0.143. The van der Waals surface area contributed by atoms with Crippen LogP contribution in [0.1, 0.15) is 20.3 Å². The Morgan fingerprint density at radius 1 is 1.35 bits per heavy atom. The third-order valence-corrected chi connectivity index (χ3v) is 4.85. The van der Waals surface area contributed by atoms with Crippen molar-refractivity contribution in [1.82, 2.24) is 4.31 Å². The van der Waals surface area contributed by atoms with Gasteiger partial charge in [0.25, 0.3) is 0 Å². The third kappa shape index (κ3) is 4.57. The van der Waals surface area contributed by atoms with Gasteiger partial charge < -0.3 is 4.74 Å². The summed E-state index contributed by atoms with van der Waals surface area (Å²) in [6.45, 7) is 3.78. The van der Waals surface area contributed by atoms with E-state index in [-0.39, 0.29) is 24.6 Å². The van der Waals surface area contributed by atoms with Crippen molar-refractivity contribution in [2.75, 3.05) is 19.7 Å². The molecule has 0 aliphatic heterocycles. The van der Waals surface area contributed by atoms with Crippen molar-refractivity contribution in [2.45, 2.75) is 25.2 Å². The van der Waals surface area contributed by atoms with Crippen molar-refractivity contribution in [1.29, 1.82) is 0 Å². The van der Waals surface area contributed by atoms with Gasteiger partial charge >= 0.3 is 5.97 Å². The Morgan fingerprint density at radius 2 is 2.05 bits per heavy atom. The lowest BCUT2D eigenvalue weighted by atomic mass is 10.4. The first-order chi connectivity index (χ1) is 9.41. The van der Waals surface area contributed by atoms with Gasteiger partial charge in [0.15, 0.2) is 0 Å². The lowest BCUT2D eigenvalue weighted by Gasteiger charge is -2.20. The van der Waals surface area contributed by atoms with E-state index in [0.717, 1.165) is 4.31 Å². The van der Waals surface area contributed by atoms with E-state index in [2.05, 4.69) is 15.9 Å². The minimum Gasteiger partial charge on any atom is -0.465 e. The van der Waals surface area contributed by atoms with Gasteiger partial charge in [-0.15, -0.1) is 0 Å². The normalized spacial score (nSPS) is 11.6. The Labute approximate surface area is 128 Å². The minimum atomic E-state index is -3.70. The number of hydrogen-bond donors (Lipinski definition) is 0. The Bertz CT molecular complexity index is 559. The standard InChI is InChI=1S/C13H18BrNO4S/c1-3-8-15(10-13(16)19-4-2)20(17,18)12-7-5-6-11(14)9-12/h5-7,9H,3-4,8,10H2,1-2H3. The molecule has 0 saturated carbocycles. The molecule has 0 aromatic heterocycles. The van der Waals surface area contributed by atoms with Gasteiger partial charge in [-0.3, -0.25) is 4.79 Å². The minimum absolute atomic E-state index is 0.157.